The molecule has 0 aromatic carbocycles. The van der Waals surface area contributed by atoms with Crippen molar-refractivity contribution in [3.8, 4) is 12.3 Å². The van der Waals surface area contributed by atoms with E-state index in [1.165, 1.54) is 0 Å². The molecule has 1 atom stereocenters. The van der Waals surface area contributed by atoms with E-state index in [1.807, 2.05) is 18.3 Å². The van der Waals surface area contributed by atoms with Gasteiger partial charge in [-0.1, -0.05) is 18.9 Å². The Balaban J connectivity index is 2.40. The first kappa shape index (κ1) is 9.76. The Labute approximate surface area is 79.4 Å². The van der Waals surface area contributed by atoms with Crippen LogP contribution in [0.15, 0.2) is 24.5 Å². The number of pyridine rings is 1. The van der Waals surface area contributed by atoms with Gasteiger partial charge in [-0.3, -0.25) is 10.3 Å². The molecule has 1 rings (SSSR count). The van der Waals surface area contributed by atoms with Gasteiger partial charge in [0.05, 0.1) is 6.04 Å². The van der Waals surface area contributed by atoms with Crippen molar-refractivity contribution in [3.63, 3.8) is 0 Å². The van der Waals surface area contributed by atoms with E-state index in [0.717, 1.165) is 18.5 Å². The van der Waals surface area contributed by atoms with Crippen LogP contribution in [0.25, 0.3) is 0 Å². The third-order valence-electron chi connectivity index (χ3n) is 1.88. The van der Waals surface area contributed by atoms with E-state index in [2.05, 4.69) is 23.1 Å². The van der Waals surface area contributed by atoms with Crippen molar-refractivity contribution in [1.82, 2.24) is 10.3 Å². The lowest BCUT2D eigenvalue weighted by atomic mass is 10.2. The molecule has 13 heavy (non-hydrogen) atoms. The quantitative estimate of drug-likeness (QED) is 0.701. The average molecular weight is 174 g/mol. The summed E-state index contributed by atoms with van der Waals surface area (Å²) in [7, 11) is 0. The van der Waals surface area contributed by atoms with Gasteiger partial charge >= 0.3 is 0 Å². The minimum absolute atomic E-state index is 0.167. The van der Waals surface area contributed by atoms with Gasteiger partial charge in [0, 0.05) is 18.9 Å². The Bertz CT molecular complexity index is 274. The van der Waals surface area contributed by atoms with E-state index in [4.69, 9.17) is 6.42 Å². The summed E-state index contributed by atoms with van der Waals surface area (Å²) in [6.45, 7) is 2.86. The zero-order valence-electron chi connectivity index (χ0n) is 7.83. The number of hydrogen-bond donors (Lipinski definition) is 1. The number of terminal acetylenes is 1. The third-order valence-corrected chi connectivity index (χ3v) is 1.88. The minimum Gasteiger partial charge on any atom is -0.300 e. The summed E-state index contributed by atoms with van der Waals surface area (Å²) in [6.07, 6.45) is 9.88. The highest BCUT2D eigenvalue weighted by molar-refractivity contribution is 5.09. The van der Waals surface area contributed by atoms with E-state index in [1.54, 1.807) is 6.20 Å². The standard InChI is InChI=1S/C11H14N2/c1-3-11(4-2)13-9-10-6-5-7-12-8-10/h1,5-8,11,13H,4,9H2,2H3. The Morgan fingerprint density at radius 1 is 1.69 bits per heavy atom. The Morgan fingerprint density at radius 3 is 3.08 bits per heavy atom. The molecule has 1 heterocycles. The van der Waals surface area contributed by atoms with Gasteiger partial charge in [-0.25, -0.2) is 0 Å². The summed E-state index contributed by atoms with van der Waals surface area (Å²) >= 11 is 0. The monoisotopic (exact) mass is 174 g/mol. The van der Waals surface area contributed by atoms with Crippen LogP contribution in [0.4, 0.5) is 0 Å². The second kappa shape index (κ2) is 5.34. The van der Waals surface area contributed by atoms with Gasteiger partial charge in [0.25, 0.3) is 0 Å². The summed E-state index contributed by atoms with van der Waals surface area (Å²) < 4.78 is 0. The van der Waals surface area contributed by atoms with E-state index in [-0.39, 0.29) is 6.04 Å². The van der Waals surface area contributed by atoms with Crippen LogP contribution in [0.1, 0.15) is 18.9 Å². The van der Waals surface area contributed by atoms with Gasteiger partial charge in [-0.2, -0.15) is 0 Å². The molecule has 0 radical (unpaired) electrons. The van der Waals surface area contributed by atoms with Crippen molar-refractivity contribution < 1.29 is 0 Å². The predicted molar refractivity (Wildman–Crippen MR) is 54.0 cm³/mol. The van der Waals surface area contributed by atoms with Gasteiger partial charge in [0.15, 0.2) is 0 Å². The number of rotatable bonds is 4. The van der Waals surface area contributed by atoms with Crippen LogP contribution in [-0.2, 0) is 6.54 Å². The van der Waals surface area contributed by atoms with Crippen molar-refractivity contribution in [2.75, 3.05) is 0 Å². The molecule has 0 fully saturated rings. The molecule has 0 amide bonds. The van der Waals surface area contributed by atoms with Crippen LogP contribution >= 0.6 is 0 Å². The van der Waals surface area contributed by atoms with E-state index >= 15 is 0 Å². The summed E-state index contributed by atoms with van der Waals surface area (Å²) in [6, 6.07) is 4.12. The summed E-state index contributed by atoms with van der Waals surface area (Å²) in [5.41, 5.74) is 1.16. The normalized spacial score (nSPS) is 12.0. The molecule has 0 spiro atoms. The Kier molecular flexibility index (Phi) is 4.01. The molecule has 2 heteroatoms. The van der Waals surface area contributed by atoms with Gasteiger partial charge in [-0.05, 0) is 18.1 Å². The van der Waals surface area contributed by atoms with Crippen LogP contribution in [0.5, 0.6) is 0 Å². The van der Waals surface area contributed by atoms with Gasteiger partial charge in [0.2, 0.25) is 0 Å². The molecule has 0 saturated carbocycles. The summed E-state index contributed by atoms with van der Waals surface area (Å²) in [4.78, 5) is 4.02. The number of nitrogens with zero attached hydrogens (tertiary/aromatic N) is 1. The Morgan fingerprint density at radius 2 is 2.54 bits per heavy atom. The highest BCUT2D eigenvalue weighted by Gasteiger charge is 1.99. The van der Waals surface area contributed by atoms with Crippen molar-refractivity contribution in [1.29, 1.82) is 0 Å². The van der Waals surface area contributed by atoms with Crippen LogP contribution in [0, 0.1) is 12.3 Å². The van der Waals surface area contributed by atoms with E-state index in [0.29, 0.717) is 0 Å². The van der Waals surface area contributed by atoms with Crippen LogP contribution in [0.2, 0.25) is 0 Å². The second-order valence-corrected chi connectivity index (χ2v) is 2.87. The molecule has 68 valence electrons. The highest BCUT2D eigenvalue weighted by atomic mass is 14.9. The van der Waals surface area contributed by atoms with Crippen molar-refractivity contribution >= 4 is 0 Å². The van der Waals surface area contributed by atoms with Gasteiger partial charge in [0.1, 0.15) is 0 Å². The predicted octanol–water partition coefficient (Wildman–Crippen LogP) is 1.58. The maximum Gasteiger partial charge on any atom is 0.0686 e. The number of nitrogens with one attached hydrogen (secondary N) is 1. The molecule has 0 aliphatic rings. The van der Waals surface area contributed by atoms with Crippen molar-refractivity contribution in [3.05, 3.63) is 30.1 Å². The maximum absolute atomic E-state index is 5.32. The molecular formula is C11H14N2. The molecule has 1 unspecified atom stereocenters. The second-order valence-electron chi connectivity index (χ2n) is 2.87. The highest BCUT2D eigenvalue weighted by Crippen LogP contribution is 1.96. The largest absolute Gasteiger partial charge is 0.300 e. The smallest absolute Gasteiger partial charge is 0.0686 e. The van der Waals surface area contributed by atoms with Crippen molar-refractivity contribution in [2.45, 2.75) is 25.9 Å². The van der Waals surface area contributed by atoms with Crippen LogP contribution in [0.3, 0.4) is 0 Å². The summed E-state index contributed by atoms with van der Waals surface area (Å²) in [5.74, 6) is 2.69. The molecule has 0 bridgehead atoms. The van der Waals surface area contributed by atoms with E-state index in [9.17, 15) is 0 Å². The fraction of sp³-hybridized carbons (Fsp3) is 0.364. The van der Waals surface area contributed by atoms with Crippen LogP contribution < -0.4 is 5.32 Å². The zero-order valence-corrected chi connectivity index (χ0v) is 7.83. The maximum atomic E-state index is 5.32. The minimum atomic E-state index is 0.167. The molecule has 0 aliphatic carbocycles. The number of hydrogen-bond acceptors (Lipinski definition) is 2. The summed E-state index contributed by atoms with van der Waals surface area (Å²) in [5, 5.41) is 3.26. The molecule has 1 aromatic heterocycles. The fourth-order valence-corrected chi connectivity index (χ4v) is 1.06. The molecule has 2 nitrogen and oxygen atoms in total. The SMILES string of the molecule is C#CC(CC)NCc1cccnc1. The molecule has 0 saturated heterocycles. The fourth-order valence-electron chi connectivity index (χ4n) is 1.06. The lowest BCUT2D eigenvalue weighted by molar-refractivity contribution is 0.592. The van der Waals surface area contributed by atoms with Crippen molar-refractivity contribution in [2.24, 2.45) is 0 Å². The lowest BCUT2D eigenvalue weighted by Crippen LogP contribution is -2.26. The Hall–Kier alpha value is -1.33. The lowest BCUT2D eigenvalue weighted by Gasteiger charge is -2.09. The third kappa shape index (κ3) is 3.27. The molecule has 0 aliphatic heterocycles. The molecule has 1 N–H and O–H groups in total. The van der Waals surface area contributed by atoms with Gasteiger partial charge in [-0.15, -0.1) is 6.42 Å². The molecule has 1 aromatic rings. The first-order chi connectivity index (χ1) is 6.36. The van der Waals surface area contributed by atoms with Crippen LogP contribution in [-0.4, -0.2) is 11.0 Å². The van der Waals surface area contributed by atoms with E-state index < -0.39 is 0 Å². The topological polar surface area (TPSA) is 24.9 Å². The first-order valence-corrected chi connectivity index (χ1v) is 4.45. The molecular weight excluding hydrogens is 160 g/mol. The average Bonchev–Trinajstić information content (AvgIpc) is 2.21. The zero-order chi connectivity index (χ0) is 9.52. The first-order valence-electron chi connectivity index (χ1n) is 4.45. The van der Waals surface area contributed by atoms with Gasteiger partial charge < -0.3 is 0 Å². The number of aromatic nitrogens is 1.